The maximum atomic E-state index is 13.2. The summed E-state index contributed by atoms with van der Waals surface area (Å²) in [5.41, 5.74) is 2.33. The van der Waals surface area contributed by atoms with Crippen LogP contribution in [0.3, 0.4) is 0 Å². The van der Waals surface area contributed by atoms with Crippen LogP contribution in [0.1, 0.15) is 17.2 Å². The maximum Gasteiger partial charge on any atom is 0.312 e. The molecule has 2 heterocycles. The quantitative estimate of drug-likeness (QED) is 0.743. The van der Waals surface area contributed by atoms with E-state index in [0.717, 1.165) is 11.2 Å². The van der Waals surface area contributed by atoms with Gasteiger partial charge in [-0.1, -0.05) is 0 Å². The molecule has 0 saturated heterocycles. The number of hydrogen-bond acceptors (Lipinski definition) is 2. The summed E-state index contributed by atoms with van der Waals surface area (Å²) in [6, 6.07) is 4.40. The number of aromatic nitrogens is 1. The molecule has 0 aliphatic carbocycles. The fourth-order valence-corrected chi connectivity index (χ4v) is 2.43. The Morgan fingerprint density at radius 2 is 2.22 bits per heavy atom. The van der Waals surface area contributed by atoms with E-state index in [2.05, 4.69) is 10.3 Å². The fourth-order valence-electron chi connectivity index (χ4n) is 2.43. The lowest BCUT2D eigenvalue weighted by Crippen LogP contribution is -2.32. The van der Waals surface area contributed by atoms with E-state index in [1.54, 1.807) is 6.07 Å². The van der Waals surface area contributed by atoms with Crippen LogP contribution in [0.2, 0.25) is 0 Å². The van der Waals surface area contributed by atoms with Crippen molar-refractivity contribution in [2.75, 3.05) is 6.54 Å². The largest absolute Gasteiger partial charge is 0.481 e. The molecule has 3 rings (SSSR count). The molecule has 0 radical (unpaired) electrons. The molecule has 1 atom stereocenters. The van der Waals surface area contributed by atoms with Crippen molar-refractivity contribution in [3.63, 3.8) is 0 Å². The highest BCUT2D eigenvalue weighted by molar-refractivity contribution is 5.91. The van der Waals surface area contributed by atoms with Crippen molar-refractivity contribution in [1.82, 2.24) is 10.3 Å². The number of halogens is 2. The van der Waals surface area contributed by atoms with E-state index in [1.165, 1.54) is 12.1 Å². The summed E-state index contributed by atoms with van der Waals surface area (Å²) in [5.74, 6) is -1.85. The Balaban J connectivity index is 0.00000120. The molecule has 0 amide bonds. The average Bonchev–Trinajstić information content (AvgIpc) is 2.66. The Morgan fingerprint density at radius 3 is 2.94 bits per heavy atom. The third-order valence-corrected chi connectivity index (χ3v) is 3.18. The van der Waals surface area contributed by atoms with Gasteiger partial charge in [-0.25, -0.2) is 4.39 Å². The summed E-state index contributed by atoms with van der Waals surface area (Å²) in [6.45, 7) is 0.973. The number of nitrogens with one attached hydrogen (secondary N) is 2. The Bertz CT molecular complexity index is 611. The first-order valence-electron chi connectivity index (χ1n) is 5.40. The van der Waals surface area contributed by atoms with E-state index >= 15 is 0 Å². The number of fused-ring (bicyclic) bond motifs is 3. The normalized spacial score (nSPS) is 18.2. The molecule has 1 aliphatic rings. The van der Waals surface area contributed by atoms with Crippen LogP contribution < -0.4 is 5.32 Å². The first-order chi connectivity index (χ1) is 8.16. The lowest BCUT2D eigenvalue weighted by atomic mass is 9.93. The molecule has 4 nitrogen and oxygen atoms in total. The number of aliphatic carboxylic acids is 1. The molecule has 1 aliphatic heterocycles. The molecule has 6 heteroatoms. The molecule has 1 aromatic heterocycles. The number of carbonyl (C=O) groups is 1. The van der Waals surface area contributed by atoms with Crippen molar-refractivity contribution in [1.29, 1.82) is 0 Å². The summed E-state index contributed by atoms with van der Waals surface area (Å²) in [4.78, 5) is 14.3. The first-order valence-corrected chi connectivity index (χ1v) is 5.40. The zero-order valence-corrected chi connectivity index (χ0v) is 10.2. The molecule has 96 valence electrons. The molecular weight excluding hydrogens is 259 g/mol. The number of aromatic amines is 1. The predicted molar refractivity (Wildman–Crippen MR) is 67.6 cm³/mol. The first kappa shape index (κ1) is 12.9. The lowest BCUT2D eigenvalue weighted by molar-refractivity contribution is -0.138. The Hall–Kier alpha value is -1.59. The van der Waals surface area contributed by atoms with E-state index in [1.807, 2.05) is 0 Å². The highest BCUT2D eigenvalue weighted by Crippen LogP contribution is 2.32. The topological polar surface area (TPSA) is 65.1 Å². The summed E-state index contributed by atoms with van der Waals surface area (Å²) in [6.07, 6.45) is 0. The molecule has 18 heavy (non-hydrogen) atoms. The number of carboxylic acid groups (broad SMARTS) is 1. The van der Waals surface area contributed by atoms with E-state index in [-0.39, 0.29) is 18.2 Å². The minimum atomic E-state index is -0.886. The van der Waals surface area contributed by atoms with E-state index in [0.29, 0.717) is 24.0 Å². The highest BCUT2D eigenvalue weighted by atomic mass is 35.5. The number of H-pyrrole nitrogens is 1. The minimum absolute atomic E-state index is 0. The Labute approximate surface area is 109 Å². The van der Waals surface area contributed by atoms with E-state index in [9.17, 15) is 14.3 Å². The lowest BCUT2D eigenvalue weighted by Gasteiger charge is -2.20. The second kappa shape index (κ2) is 4.59. The van der Waals surface area contributed by atoms with Crippen LogP contribution in [0.25, 0.3) is 10.9 Å². The van der Waals surface area contributed by atoms with Crippen molar-refractivity contribution in [3.8, 4) is 0 Å². The van der Waals surface area contributed by atoms with Gasteiger partial charge in [0, 0.05) is 29.7 Å². The molecule has 2 aromatic rings. The van der Waals surface area contributed by atoms with Crippen molar-refractivity contribution in [3.05, 3.63) is 35.3 Å². The molecular formula is C12H12ClFN2O2. The molecule has 0 fully saturated rings. The Kier molecular flexibility index (Phi) is 3.28. The number of rotatable bonds is 1. The van der Waals surface area contributed by atoms with Gasteiger partial charge in [-0.2, -0.15) is 0 Å². The maximum absolute atomic E-state index is 13.2. The third kappa shape index (κ3) is 1.85. The second-order valence-corrected chi connectivity index (χ2v) is 4.23. The van der Waals surface area contributed by atoms with Gasteiger partial charge in [0.15, 0.2) is 0 Å². The third-order valence-electron chi connectivity index (χ3n) is 3.18. The standard InChI is InChI=1S/C12H11FN2O2.ClH/c13-6-1-2-9-7(3-6)11-8(12(16)17)4-14-5-10(11)15-9;/h1-3,8,14-15H,4-5H2,(H,16,17);1H. The van der Waals surface area contributed by atoms with Crippen LogP contribution in [0, 0.1) is 5.82 Å². The predicted octanol–water partition coefficient (Wildman–Crippen LogP) is 2.00. The molecule has 0 spiro atoms. The van der Waals surface area contributed by atoms with Crippen molar-refractivity contribution in [2.45, 2.75) is 12.5 Å². The van der Waals surface area contributed by atoms with Gasteiger partial charge < -0.3 is 15.4 Å². The van der Waals surface area contributed by atoms with Crippen LogP contribution >= 0.6 is 12.4 Å². The smallest absolute Gasteiger partial charge is 0.312 e. The fraction of sp³-hybridized carbons (Fsp3) is 0.250. The van der Waals surface area contributed by atoms with Gasteiger partial charge >= 0.3 is 5.97 Å². The second-order valence-electron chi connectivity index (χ2n) is 4.23. The van der Waals surface area contributed by atoms with Gasteiger partial charge in [-0.3, -0.25) is 4.79 Å². The Morgan fingerprint density at radius 1 is 1.44 bits per heavy atom. The SMILES string of the molecule is Cl.O=C(O)C1CNCc2[nH]c3ccc(F)cc3c21. The molecule has 1 aromatic carbocycles. The molecule has 1 unspecified atom stereocenters. The van der Waals surface area contributed by atoms with Crippen LogP contribution in [-0.4, -0.2) is 22.6 Å². The summed E-state index contributed by atoms with van der Waals surface area (Å²) in [5, 5.41) is 12.9. The molecule has 0 saturated carbocycles. The van der Waals surface area contributed by atoms with Crippen molar-refractivity contribution < 1.29 is 14.3 Å². The number of hydrogen-bond donors (Lipinski definition) is 3. The van der Waals surface area contributed by atoms with Crippen LogP contribution in [0.5, 0.6) is 0 Å². The van der Waals surface area contributed by atoms with E-state index < -0.39 is 11.9 Å². The van der Waals surface area contributed by atoms with Crippen LogP contribution in [0.4, 0.5) is 4.39 Å². The monoisotopic (exact) mass is 270 g/mol. The highest BCUT2D eigenvalue weighted by Gasteiger charge is 2.29. The van der Waals surface area contributed by atoms with Gasteiger partial charge in [0.05, 0.1) is 5.92 Å². The zero-order chi connectivity index (χ0) is 12.0. The van der Waals surface area contributed by atoms with Gasteiger partial charge in [0.1, 0.15) is 5.82 Å². The van der Waals surface area contributed by atoms with Gasteiger partial charge in [-0.15, -0.1) is 12.4 Å². The summed E-state index contributed by atoms with van der Waals surface area (Å²) >= 11 is 0. The van der Waals surface area contributed by atoms with Crippen molar-refractivity contribution in [2.24, 2.45) is 0 Å². The summed E-state index contributed by atoms with van der Waals surface area (Å²) < 4.78 is 13.2. The minimum Gasteiger partial charge on any atom is -0.481 e. The molecule has 3 N–H and O–H groups in total. The number of benzene rings is 1. The van der Waals surface area contributed by atoms with Gasteiger partial charge in [-0.05, 0) is 23.8 Å². The van der Waals surface area contributed by atoms with Gasteiger partial charge in [0.2, 0.25) is 0 Å². The van der Waals surface area contributed by atoms with Crippen LogP contribution in [-0.2, 0) is 11.3 Å². The van der Waals surface area contributed by atoms with Crippen LogP contribution in [0.15, 0.2) is 18.2 Å². The zero-order valence-electron chi connectivity index (χ0n) is 9.37. The van der Waals surface area contributed by atoms with Crippen molar-refractivity contribution >= 4 is 29.3 Å². The summed E-state index contributed by atoms with van der Waals surface area (Å²) in [7, 11) is 0. The van der Waals surface area contributed by atoms with Gasteiger partial charge in [0.25, 0.3) is 0 Å². The molecule has 0 bridgehead atoms. The van der Waals surface area contributed by atoms with E-state index in [4.69, 9.17) is 0 Å². The average molecular weight is 271 g/mol. The number of carboxylic acids is 1.